The van der Waals surface area contributed by atoms with E-state index in [1.807, 2.05) is 52.1 Å². The SMILES string of the molecule is Cc1ncc(-c2cccc(C#N)c2)c(C2CCN(C(=O)OC(C)(C)C)CC2)n1. The minimum absolute atomic E-state index is 0.237. The zero-order valence-corrected chi connectivity index (χ0v) is 16.9. The third-order valence-corrected chi connectivity index (χ3v) is 4.77. The van der Waals surface area contributed by atoms with Crippen molar-refractivity contribution in [1.82, 2.24) is 14.9 Å². The molecule has 0 radical (unpaired) electrons. The quantitative estimate of drug-likeness (QED) is 0.772. The Hall–Kier alpha value is -2.94. The van der Waals surface area contributed by atoms with Crippen LogP contribution in [0.2, 0.25) is 0 Å². The van der Waals surface area contributed by atoms with Crippen molar-refractivity contribution in [2.24, 2.45) is 0 Å². The number of aromatic nitrogens is 2. The van der Waals surface area contributed by atoms with Gasteiger partial charge in [-0.25, -0.2) is 14.8 Å². The van der Waals surface area contributed by atoms with Gasteiger partial charge in [0.05, 0.1) is 17.3 Å². The second-order valence-corrected chi connectivity index (χ2v) is 8.15. The van der Waals surface area contributed by atoms with E-state index >= 15 is 0 Å². The van der Waals surface area contributed by atoms with Crippen molar-refractivity contribution in [1.29, 1.82) is 5.26 Å². The molecular weight excluding hydrogens is 352 g/mol. The number of carbonyl (C=O) groups excluding carboxylic acids is 1. The molecule has 0 bridgehead atoms. The summed E-state index contributed by atoms with van der Waals surface area (Å²) in [7, 11) is 0. The lowest BCUT2D eigenvalue weighted by molar-refractivity contribution is 0.0204. The third kappa shape index (κ3) is 4.66. The molecule has 0 spiro atoms. The number of benzene rings is 1. The Morgan fingerprint density at radius 1 is 1.29 bits per heavy atom. The van der Waals surface area contributed by atoms with Crippen molar-refractivity contribution in [2.75, 3.05) is 13.1 Å². The molecule has 6 heteroatoms. The summed E-state index contributed by atoms with van der Waals surface area (Å²) in [5.41, 5.74) is 3.02. The molecule has 0 aliphatic carbocycles. The Labute approximate surface area is 166 Å². The molecule has 1 aliphatic heterocycles. The molecule has 0 atom stereocenters. The second kappa shape index (κ2) is 7.97. The topological polar surface area (TPSA) is 79.1 Å². The van der Waals surface area contributed by atoms with E-state index in [-0.39, 0.29) is 12.0 Å². The van der Waals surface area contributed by atoms with Crippen LogP contribution in [0.25, 0.3) is 11.1 Å². The lowest BCUT2D eigenvalue weighted by atomic mass is 9.88. The van der Waals surface area contributed by atoms with E-state index in [4.69, 9.17) is 9.72 Å². The fourth-order valence-corrected chi connectivity index (χ4v) is 3.44. The normalized spacial score (nSPS) is 15.2. The third-order valence-electron chi connectivity index (χ3n) is 4.77. The van der Waals surface area contributed by atoms with Crippen LogP contribution >= 0.6 is 0 Å². The Balaban J connectivity index is 1.81. The number of aryl methyl sites for hydroxylation is 1. The molecule has 6 nitrogen and oxygen atoms in total. The first-order chi connectivity index (χ1) is 13.3. The number of nitrogens with zero attached hydrogens (tertiary/aromatic N) is 4. The number of likely N-dealkylation sites (tertiary alicyclic amines) is 1. The first kappa shape index (κ1) is 19.8. The van der Waals surface area contributed by atoms with Crippen LogP contribution in [-0.4, -0.2) is 39.7 Å². The maximum Gasteiger partial charge on any atom is 0.410 e. The average molecular weight is 378 g/mol. The van der Waals surface area contributed by atoms with E-state index in [2.05, 4.69) is 11.1 Å². The van der Waals surface area contributed by atoms with Crippen LogP contribution in [0.4, 0.5) is 4.79 Å². The van der Waals surface area contributed by atoms with Gasteiger partial charge in [0.1, 0.15) is 11.4 Å². The number of piperidine rings is 1. The fraction of sp³-hybridized carbons (Fsp3) is 0.455. The number of hydrogen-bond acceptors (Lipinski definition) is 5. The predicted molar refractivity (Wildman–Crippen MR) is 107 cm³/mol. The molecule has 146 valence electrons. The molecule has 28 heavy (non-hydrogen) atoms. The Bertz CT molecular complexity index is 903. The number of hydrogen-bond donors (Lipinski definition) is 0. The molecule has 1 fully saturated rings. The zero-order valence-electron chi connectivity index (χ0n) is 16.9. The summed E-state index contributed by atoms with van der Waals surface area (Å²) in [6.45, 7) is 8.80. The van der Waals surface area contributed by atoms with Crippen molar-refractivity contribution in [3.05, 3.63) is 47.5 Å². The second-order valence-electron chi connectivity index (χ2n) is 8.15. The maximum absolute atomic E-state index is 12.3. The summed E-state index contributed by atoms with van der Waals surface area (Å²) in [6.07, 6.45) is 3.22. The molecule has 0 unspecified atom stereocenters. The van der Waals surface area contributed by atoms with E-state index in [9.17, 15) is 10.1 Å². The monoisotopic (exact) mass is 378 g/mol. The zero-order chi connectivity index (χ0) is 20.3. The van der Waals surface area contributed by atoms with E-state index in [1.165, 1.54) is 0 Å². The van der Waals surface area contributed by atoms with Gasteiger partial charge in [-0.2, -0.15) is 5.26 Å². The molecule has 1 amide bonds. The van der Waals surface area contributed by atoms with Crippen LogP contribution in [0.5, 0.6) is 0 Å². The molecule has 1 aliphatic rings. The van der Waals surface area contributed by atoms with Gasteiger partial charge in [0.25, 0.3) is 0 Å². The van der Waals surface area contributed by atoms with E-state index in [0.29, 0.717) is 18.7 Å². The van der Waals surface area contributed by atoms with Crippen molar-refractivity contribution >= 4 is 6.09 Å². The van der Waals surface area contributed by atoms with Gasteiger partial charge in [-0.15, -0.1) is 0 Å². The number of ether oxygens (including phenoxy) is 1. The van der Waals surface area contributed by atoms with Gasteiger partial charge in [-0.3, -0.25) is 0 Å². The van der Waals surface area contributed by atoms with E-state index in [1.54, 1.807) is 11.0 Å². The van der Waals surface area contributed by atoms with Gasteiger partial charge in [-0.1, -0.05) is 12.1 Å². The highest BCUT2D eigenvalue weighted by molar-refractivity contribution is 5.69. The van der Waals surface area contributed by atoms with Crippen molar-refractivity contribution < 1.29 is 9.53 Å². The number of nitriles is 1. The minimum atomic E-state index is -0.489. The van der Waals surface area contributed by atoms with Gasteiger partial charge in [0.2, 0.25) is 0 Å². The molecular formula is C22H26N4O2. The number of carbonyl (C=O) groups is 1. The molecule has 1 saturated heterocycles. The largest absolute Gasteiger partial charge is 0.444 e. The van der Waals surface area contributed by atoms with Crippen LogP contribution in [0, 0.1) is 18.3 Å². The van der Waals surface area contributed by atoms with Gasteiger partial charge < -0.3 is 9.64 Å². The van der Waals surface area contributed by atoms with Gasteiger partial charge in [0, 0.05) is 30.8 Å². The highest BCUT2D eigenvalue weighted by Crippen LogP contribution is 2.34. The molecule has 1 aromatic carbocycles. The number of amides is 1. The summed E-state index contributed by atoms with van der Waals surface area (Å²) in [5.74, 6) is 0.964. The van der Waals surface area contributed by atoms with Crippen molar-refractivity contribution in [3.63, 3.8) is 0 Å². The Morgan fingerprint density at radius 2 is 2.00 bits per heavy atom. The van der Waals surface area contributed by atoms with Crippen LogP contribution in [0.3, 0.4) is 0 Å². The fourth-order valence-electron chi connectivity index (χ4n) is 3.44. The van der Waals surface area contributed by atoms with E-state index in [0.717, 1.165) is 35.5 Å². The molecule has 2 heterocycles. The molecule has 1 aromatic heterocycles. The average Bonchev–Trinajstić information content (AvgIpc) is 2.67. The maximum atomic E-state index is 12.3. The van der Waals surface area contributed by atoms with Crippen LogP contribution in [0.1, 0.15) is 56.6 Å². The number of rotatable bonds is 2. The van der Waals surface area contributed by atoms with Crippen molar-refractivity contribution in [3.8, 4) is 17.2 Å². The standard InChI is InChI=1S/C22H26N4O2/c1-15-24-14-19(18-7-5-6-16(12-18)13-23)20(25-15)17-8-10-26(11-9-17)21(27)28-22(2,3)4/h5-7,12,14,17H,8-11H2,1-4H3. The molecule has 3 rings (SSSR count). The first-order valence-corrected chi connectivity index (χ1v) is 9.59. The molecule has 2 aromatic rings. The highest BCUT2D eigenvalue weighted by atomic mass is 16.6. The van der Waals surface area contributed by atoms with Crippen molar-refractivity contribution in [2.45, 2.75) is 52.1 Å². The highest BCUT2D eigenvalue weighted by Gasteiger charge is 2.29. The lowest BCUT2D eigenvalue weighted by Crippen LogP contribution is -2.41. The predicted octanol–water partition coefficient (Wildman–Crippen LogP) is 4.44. The Kier molecular flexibility index (Phi) is 5.64. The smallest absolute Gasteiger partial charge is 0.410 e. The van der Waals surface area contributed by atoms with Gasteiger partial charge in [0.15, 0.2) is 0 Å². The summed E-state index contributed by atoms with van der Waals surface area (Å²) in [5, 5.41) is 9.20. The first-order valence-electron chi connectivity index (χ1n) is 9.59. The van der Waals surface area contributed by atoms with Crippen LogP contribution in [-0.2, 0) is 4.74 Å². The van der Waals surface area contributed by atoms with Gasteiger partial charge in [-0.05, 0) is 58.2 Å². The Morgan fingerprint density at radius 3 is 2.64 bits per heavy atom. The minimum Gasteiger partial charge on any atom is -0.444 e. The summed E-state index contributed by atoms with van der Waals surface area (Å²) in [6, 6.07) is 9.70. The summed E-state index contributed by atoms with van der Waals surface area (Å²) in [4.78, 5) is 23.2. The van der Waals surface area contributed by atoms with Crippen LogP contribution in [0.15, 0.2) is 30.5 Å². The molecule has 0 N–H and O–H groups in total. The van der Waals surface area contributed by atoms with E-state index < -0.39 is 5.60 Å². The molecule has 0 saturated carbocycles. The summed E-state index contributed by atoms with van der Waals surface area (Å²) < 4.78 is 5.49. The van der Waals surface area contributed by atoms with Gasteiger partial charge >= 0.3 is 6.09 Å². The van der Waals surface area contributed by atoms with Crippen LogP contribution < -0.4 is 0 Å². The lowest BCUT2D eigenvalue weighted by Gasteiger charge is -2.33. The summed E-state index contributed by atoms with van der Waals surface area (Å²) >= 11 is 0.